The summed E-state index contributed by atoms with van der Waals surface area (Å²) >= 11 is 0. The minimum absolute atomic E-state index is 0.00248. The maximum atomic E-state index is 12.5. The topological polar surface area (TPSA) is 87.3 Å². The molecule has 2 aromatic rings. The van der Waals surface area contributed by atoms with Gasteiger partial charge in [0.05, 0.1) is 0 Å². The van der Waals surface area contributed by atoms with Gasteiger partial charge >= 0.3 is 0 Å². The molecule has 0 bridgehead atoms. The molecule has 1 saturated carbocycles. The van der Waals surface area contributed by atoms with Gasteiger partial charge in [0.25, 0.3) is 11.8 Å². The monoisotopic (exact) mass is 393 g/mol. The Bertz CT molecular complexity index is 915. The summed E-state index contributed by atoms with van der Waals surface area (Å²) < 4.78 is 0. The molecule has 3 N–H and O–H groups in total. The number of rotatable bonds is 7. The Balaban J connectivity index is 1.62. The van der Waals surface area contributed by atoms with Crippen molar-refractivity contribution in [1.29, 1.82) is 0 Å². The molecule has 152 valence electrons. The highest BCUT2D eigenvalue weighted by Crippen LogP contribution is 2.30. The Morgan fingerprint density at radius 2 is 1.59 bits per heavy atom. The van der Waals surface area contributed by atoms with Crippen molar-refractivity contribution < 1.29 is 14.4 Å². The van der Waals surface area contributed by atoms with Crippen LogP contribution < -0.4 is 16.0 Å². The molecule has 0 heterocycles. The van der Waals surface area contributed by atoms with Gasteiger partial charge in [0.1, 0.15) is 0 Å². The fraction of sp³-hybridized carbons (Fsp3) is 0.348. The molecule has 0 atom stereocenters. The quantitative estimate of drug-likeness (QED) is 0.659. The van der Waals surface area contributed by atoms with Gasteiger partial charge in [-0.05, 0) is 75.6 Å². The smallest absolute Gasteiger partial charge is 0.255 e. The highest BCUT2D eigenvalue weighted by molar-refractivity contribution is 6.05. The zero-order chi connectivity index (χ0) is 21.0. The lowest BCUT2D eigenvalue weighted by molar-refractivity contribution is -0.117. The molecule has 0 aromatic heterocycles. The third kappa shape index (κ3) is 5.67. The van der Waals surface area contributed by atoms with Gasteiger partial charge in [-0.15, -0.1) is 0 Å². The maximum absolute atomic E-state index is 12.5. The molecule has 6 nitrogen and oxygen atoms in total. The first-order chi connectivity index (χ1) is 13.8. The molecule has 0 radical (unpaired) electrons. The molecule has 6 heteroatoms. The first-order valence-electron chi connectivity index (χ1n) is 9.92. The van der Waals surface area contributed by atoms with E-state index in [0.717, 1.165) is 19.3 Å². The molecule has 0 unspecified atom stereocenters. The second-order valence-corrected chi connectivity index (χ2v) is 8.07. The fourth-order valence-corrected chi connectivity index (χ4v) is 2.70. The molecule has 1 fully saturated rings. The highest BCUT2D eigenvalue weighted by Gasteiger charge is 2.29. The van der Waals surface area contributed by atoms with E-state index in [1.807, 2.05) is 20.8 Å². The van der Waals surface area contributed by atoms with E-state index in [1.54, 1.807) is 48.5 Å². The average molecular weight is 393 g/mol. The van der Waals surface area contributed by atoms with Crippen molar-refractivity contribution in [3.63, 3.8) is 0 Å². The SMILES string of the molecule is CCC(C)(C)NC(=O)c1ccc(NC(=O)c2cccc(NC(=O)C3CC3)c2)cc1. The Labute approximate surface area is 171 Å². The van der Waals surface area contributed by atoms with Crippen LogP contribution in [0.25, 0.3) is 0 Å². The Kier molecular flexibility index (Phi) is 6.01. The first-order valence-corrected chi connectivity index (χ1v) is 9.92. The van der Waals surface area contributed by atoms with Crippen molar-refractivity contribution in [3.05, 3.63) is 59.7 Å². The van der Waals surface area contributed by atoms with Gasteiger partial charge in [-0.3, -0.25) is 14.4 Å². The summed E-state index contributed by atoms with van der Waals surface area (Å²) in [6.45, 7) is 5.96. The van der Waals surface area contributed by atoms with Gasteiger partial charge in [0, 0.05) is 34.0 Å². The lowest BCUT2D eigenvalue weighted by Crippen LogP contribution is -2.42. The molecular formula is C23H27N3O3. The minimum Gasteiger partial charge on any atom is -0.347 e. The zero-order valence-electron chi connectivity index (χ0n) is 17.0. The van der Waals surface area contributed by atoms with Crippen LogP contribution in [0.15, 0.2) is 48.5 Å². The number of hydrogen-bond donors (Lipinski definition) is 3. The van der Waals surface area contributed by atoms with Gasteiger partial charge in [-0.25, -0.2) is 0 Å². The van der Waals surface area contributed by atoms with E-state index in [2.05, 4.69) is 16.0 Å². The molecule has 1 aliphatic carbocycles. The van der Waals surface area contributed by atoms with Crippen molar-refractivity contribution in [2.24, 2.45) is 5.92 Å². The van der Waals surface area contributed by atoms with E-state index in [1.165, 1.54) is 0 Å². The number of anilines is 2. The zero-order valence-corrected chi connectivity index (χ0v) is 17.0. The first kappa shape index (κ1) is 20.6. The van der Waals surface area contributed by atoms with E-state index >= 15 is 0 Å². The summed E-state index contributed by atoms with van der Waals surface area (Å²) in [6.07, 6.45) is 2.68. The molecule has 29 heavy (non-hydrogen) atoms. The number of carbonyl (C=O) groups excluding carboxylic acids is 3. The summed E-state index contributed by atoms with van der Waals surface area (Å²) in [6, 6.07) is 13.6. The lowest BCUT2D eigenvalue weighted by Gasteiger charge is -2.24. The summed E-state index contributed by atoms with van der Waals surface area (Å²) in [5, 5.41) is 8.64. The summed E-state index contributed by atoms with van der Waals surface area (Å²) in [5.74, 6) is -0.320. The molecule has 0 aliphatic heterocycles. The standard InChI is InChI=1S/C23H27N3O3/c1-4-23(2,3)26-22(29)16-10-12-18(13-11-16)24-21(28)17-6-5-7-19(14-17)25-20(27)15-8-9-15/h5-7,10-15H,4,8-9H2,1-3H3,(H,24,28)(H,25,27)(H,26,29). The molecule has 0 spiro atoms. The van der Waals surface area contributed by atoms with Gasteiger partial charge in [0.2, 0.25) is 5.91 Å². The van der Waals surface area contributed by atoms with Gasteiger partial charge in [0.15, 0.2) is 0 Å². The van der Waals surface area contributed by atoms with Crippen LogP contribution in [-0.4, -0.2) is 23.3 Å². The summed E-state index contributed by atoms with van der Waals surface area (Å²) in [4.78, 5) is 36.8. The highest BCUT2D eigenvalue weighted by atomic mass is 16.2. The van der Waals surface area contributed by atoms with Crippen molar-refractivity contribution in [2.75, 3.05) is 10.6 Å². The van der Waals surface area contributed by atoms with Crippen LogP contribution in [-0.2, 0) is 4.79 Å². The van der Waals surface area contributed by atoms with Crippen LogP contribution in [0.2, 0.25) is 0 Å². The third-order valence-electron chi connectivity index (χ3n) is 5.08. The van der Waals surface area contributed by atoms with Crippen molar-refractivity contribution >= 4 is 29.1 Å². The van der Waals surface area contributed by atoms with E-state index in [0.29, 0.717) is 22.5 Å². The molecule has 1 aliphatic rings. The van der Waals surface area contributed by atoms with E-state index in [4.69, 9.17) is 0 Å². The largest absolute Gasteiger partial charge is 0.347 e. The van der Waals surface area contributed by atoms with Crippen LogP contribution in [0.4, 0.5) is 11.4 Å². The van der Waals surface area contributed by atoms with Gasteiger partial charge in [-0.2, -0.15) is 0 Å². The van der Waals surface area contributed by atoms with Gasteiger partial charge < -0.3 is 16.0 Å². The Morgan fingerprint density at radius 1 is 0.897 bits per heavy atom. The lowest BCUT2D eigenvalue weighted by atomic mass is 10.0. The van der Waals surface area contributed by atoms with Crippen LogP contribution in [0, 0.1) is 5.92 Å². The Morgan fingerprint density at radius 3 is 2.21 bits per heavy atom. The molecule has 2 aromatic carbocycles. The third-order valence-corrected chi connectivity index (χ3v) is 5.08. The van der Waals surface area contributed by atoms with Gasteiger partial charge in [-0.1, -0.05) is 13.0 Å². The second-order valence-electron chi connectivity index (χ2n) is 8.07. The molecule has 0 saturated heterocycles. The van der Waals surface area contributed by atoms with Crippen LogP contribution >= 0.6 is 0 Å². The number of nitrogens with one attached hydrogen (secondary N) is 3. The predicted molar refractivity (Wildman–Crippen MR) is 114 cm³/mol. The van der Waals surface area contributed by atoms with Crippen LogP contribution in [0.5, 0.6) is 0 Å². The fourth-order valence-electron chi connectivity index (χ4n) is 2.70. The molecule has 3 rings (SSSR count). The summed E-state index contributed by atoms with van der Waals surface area (Å²) in [7, 11) is 0. The second kappa shape index (κ2) is 8.47. The normalized spacial score (nSPS) is 13.5. The number of amides is 3. The number of benzene rings is 2. The van der Waals surface area contributed by atoms with Crippen LogP contribution in [0.3, 0.4) is 0 Å². The minimum atomic E-state index is -0.281. The van der Waals surface area contributed by atoms with E-state index in [9.17, 15) is 14.4 Å². The average Bonchev–Trinajstić information content (AvgIpc) is 3.54. The predicted octanol–water partition coefficient (Wildman–Crippen LogP) is 4.21. The molecular weight excluding hydrogens is 366 g/mol. The number of carbonyl (C=O) groups is 3. The molecule has 3 amide bonds. The van der Waals surface area contributed by atoms with Crippen molar-refractivity contribution in [3.8, 4) is 0 Å². The van der Waals surface area contributed by atoms with Crippen molar-refractivity contribution in [2.45, 2.75) is 45.6 Å². The number of hydrogen-bond acceptors (Lipinski definition) is 3. The van der Waals surface area contributed by atoms with E-state index in [-0.39, 0.29) is 29.2 Å². The summed E-state index contributed by atoms with van der Waals surface area (Å²) in [5.41, 5.74) is 1.91. The van der Waals surface area contributed by atoms with Crippen LogP contribution in [0.1, 0.15) is 60.7 Å². The Hall–Kier alpha value is -3.15. The maximum Gasteiger partial charge on any atom is 0.255 e. The van der Waals surface area contributed by atoms with E-state index < -0.39 is 0 Å². The van der Waals surface area contributed by atoms with Crippen molar-refractivity contribution in [1.82, 2.24) is 5.32 Å².